The number of carbonyl (C=O) groups excluding carboxylic acids is 1. The zero-order valence-corrected chi connectivity index (χ0v) is 14.4. The molecule has 1 N–H and O–H groups in total. The number of carboxylic acid groups (broad SMARTS) is 1. The van der Waals surface area contributed by atoms with E-state index in [2.05, 4.69) is 25.8 Å². The molecule has 1 saturated heterocycles. The van der Waals surface area contributed by atoms with E-state index in [9.17, 15) is 9.59 Å². The van der Waals surface area contributed by atoms with Gasteiger partial charge in [-0.2, -0.15) is 0 Å². The lowest BCUT2D eigenvalue weighted by atomic mass is 9.93. The molecule has 0 aliphatic carbocycles. The Labute approximate surface area is 135 Å². The number of aromatic nitrogens is 1. The first-order valence-electron chi connectivity index (χ1n) is 7.65. The molecule has 1 amide bonds. The lowest BCUT2D eigenvalue weighted by molar-refractivity contribution is -0.147. The first-order chi connectivity index (χ1) is 10.2. The summed E-state index contributed by atoms with van der Waals surface area (Å²) in [6, 6.07) is 0.101. The van der Waals surface area contributed by atoms with Gasteiger partial charge in [-0.1, -0.05) is 20.8 Å². The normalized spacial score (nSPS) is 22.6. The molecule has 2 rings (SSSR count). The summed E-state index contributed by atoms with van der Waals surface area (Å²) in [5, 5.41) is 12.1. The Morgan fingerprint density at radius 1 is 1.41 bits per heavy atom. The number of amides is 1. The minimum absolute atomic E-state index is 0.0151. The molecule has 1 aromatic rings. The van der Waals surface area contributed by atoms with Crippen LogP contribution in [0.5, 0.6) is 0 Å². The molecule has 1 fully saturated rings. The number of piperidine rings is 1. The van der Waals surface area contributed by atoms with Crippen LogP contribution in [0.4, 0.5) is 0 Å². The number of nitrogens with zero attached hydrogens (tertiary/aromatic N) is 2. The molecule has 1 aromatic heterocycles. The highest BCUT2D eigenvalue weighted by Crippen LogP contribution is 2.27. The first-order valence-corrected chi connectivity index (χ1v) is 8.53. The van der Waals surface area contributed by atoms with Gasteiger partial charge in [-0.3, -0.25) is 9.59 Å². The van der Waals surface area contributed by atoms with Gasteiger partial charge < -0.3 is 10.0 Å². The molecule has 0 aromatic carbocycles. The molecule has 1 aliphatic rings. The highest BCUT2D eigenvalue weighted by Gasteiger charge is 2.32. The maximum atomic E-state index is 12.5. The highest BCUT2D eigenvalue weighted by molar-refractivity contribution is 7.09. The van der Waals surface area contributed by atoms with Gasteiger partial charge in [-0.05, 0) is 19.8 Å². The molecule has 2 unspecified atom stereocenters. The zero-order valence-electron chi connectivity index (χ0n) is 13.6. The molecule has 122 valence electrons. The van der Waals surface area contributed by atoms with E-state index in [0.29, 0.717) is 13.0 Å². The molecular weight excluding hydrogens is 300 g/mol. The molecule has 6 heteroatoms. The Morgan fingerprint density at radius 3 is 2.64 bits per heavy atom. The molecule has 1 aliphatic heterocycles. The van der Waals surface area contributed by atoms with Gasteiger partial charge in [0.05, 0.1) is 23.0 Å². The number of carboxylic acids is 1. The van der Waals surface area contributed by atoms with Crippen molar-refractivity contribution in [3.8, 4) is 0 Å². The van der Waals surface area contributed by atoms with Crippen LogP contribution in [0.25, 0.3) is 0 Å². The van der Waals surface area contributed by atoms with Crippen LogP contribution in [-0.2, 0) is 21.4 Å². The number of rotatable bonds is 3. The third-order valence-electron chi connectivity index (χ3n) is 4.08. The van der Waals surface area contributed by atoms with E-state index in [1.165, 1.54) is 0 Å². The largest absolute Gasteiger partial charge is 0.481 e. The van der Waals surface area contributed by atoms with Crippen LogP contribution in [0, 0.1) is 5.92 Å². The van der Waals surface area contributed by atoms with E-state index in [4.69, 9.17) is 5.11 Å². The lowest BCUT2D eigenvalue weighted by Gasteiger charge is -2.36. The molecule has 0 spiro atoms. The fourth-order valence-corrected chi connectivity index (χ4v) is 3.55. The van der Waals surface area contributed by atoms with E-state index in [1.54, 1.807) is 16.2 Å². The van der Waals surface area contributed by atoms with Crippen molar-refractivity contribution in [3.05, 3.63) is 16.1 Å². The smallest absolute Gasteiger partial charge is 0.308 e. The van der Waals surface area contributed by atoms with Crippen LogP contribution >= 0.6 is 11.3 Å². The fraction of sp³-hybridized carbons (Fsp3) is 0.688. The van der Waals surface area contributed by atoms with Crippen molar-refractivity contribution in [1.29, 1.82) is 0 Å². The molecule has 2 atom stereocenters. The van der Waals surface area contributed by atoms with Gasteiger partial charge in [0.15, 0.2) is 0 Å². The third kappa shape index (κ3) is 3.85. The third-order valence-corrected chi connectivity index (χ3v) is 5.39. The molecule has 2 heterocycles. The summed E-state index contributed by atoms with van der Waals surface area (Å²) in [5.41, 5.74) is 0.767. The topological polar surface area (TPSA) is 70.5 Å². The number of likely N-dealkylation sites (tertiary alicyclic amines) is 1. The Balaban J connectivity index is 2.04. The highest BCUT2D eigenvalue weighted by atomic mass is 32.1. The fourth-order valence-electron chi connectivity index (χ4n) is 2.65. The molecular formula is C16H24N2O3S. The lowest BCUT2D eigenvalue weighted by Crippen LogP contribution is -2.48. The molecule has 0 radical (unpaired) electrons. The average molecular weight is 324 g/mol. The summed E-state index contributed by atoms with van der Waals surface area (Å²) in [6.45, 7) is 8.59. The van der Waals surface area contributed by atoms with E-state index in [0.717, 1.165) is 17.1 Å². The van der Waals surface area contributed by atoms with Gasteiger partial charge in [0.1, 0.15) is 0 Å². The summed E-state index contributed by atoms with van der Waals surface area (Å²) in [6.07, 6.45) is 1.64. The van der Waals surface area contributed by atoms with Crippen molar-refractivity contribution < 1.29 is 14.7 Å². The summed E-state index contributed by atoms with van der Waals surface area (Å²) in [7, 11) is 0. The van der Waals surface area contributed by atoms with E-state index in [1.807, 2.05) is 12.3 Å². The summed E-state index contributed by atoms with van der Waals surface area (Å²) < 4.78 is 0. The predicted octanol–water partition coefficient (Wildman–Crippen LogP) is 2.69. The standard InChI is InChI=1S/C16H24N2O3S/c1-10-5-6-11(14(20)21)8-18(10)13(19)7-12-9-22-15(17-12)16(2,3)4/h9-11H,5-8H2,1-4H3,(H,20,21). The Bertz CT molecular complexity index is 562. The molecule has 5 nitrogen and oxygen atoms in total. The summed E-state index contributed by atoms with van der Waals surface area (Å²) in [4.78, 5) is 29.9. The van der Waals surface area contributed by atoms with E-state index in [-0.39, 0.29) is 23.8 Å². The van der Waals surface area contributed by atoms with Crippen molar-refractivity contribution in [2.75, 3.05) is 6.54 Å². The number of aliphatic carboxylic acids is 1. The van der Waals surface area contributed by atoms with Crippen LogP contribution in [0.1, 0.15) is 51.2 Å². The number of hydrogen-bond donors (Lipinski definition) is 1. The number of hydrogen-bond acceptors (Lipinski definition) is 4. The monoisotopic (exact) mass is 324 g/mol. The zero-order chi connectivity index (χ0) is 16.5. The van der Waals surface area contributed by atoms with Gasteiger partial charge in [0, 0.05) is 23.4 Å². The van der Waals surface area contributed by atoms with Crippen molar-refractivity contribution >= 4 is 23.2 Å². The second-order valence-electron chi connectivity index (χ2n) is 7.08. The predicted molar refractivity (Wildman–Crippen MR) is 86.1 cm³/mol. The van der Waals surface area contributed by atoms with Crippen LogP contribution in [0.2, 0.25) is 0 Å². The van der Waals surface area contributed by atoms with Gasteiger partial charge in [-0.25, -0.2) is 4.98 Å². The van der Waals surface area contributed by atoms with Gasteiger partial charge in [0.2, 0.25) is 5.91 Å². The second kappa shape index (κ2) is 6.36. The maximum Gasteiger partial charge on any atom is 0.308 e. The van der Waals surface area contributed by atoms with Crippen LogP contribution in [0.15, 0.2) is 5.38 Å². The van der Waals surface area contributed by atoms with Crippen molar-refractivity contribution in [1.82, 2.24) is 9.88 Å². The molecule has 22 heavy (non-hydrogen) atoms. The quantitative estimate of drug-likeness (QED) is 0.928. The average Bonchev–Trinajstić information content (AvgIpc) is 2.87. The molecule has 0 bridgehead atoms. The van der Waals surface area contributed by atoms with E-state index >= 15 is 0 Å². The number of thiazole rings is 1. The second-order valence-corrected chi connectivity index (χ2v) is 7.94. The minimum Gasteiger partial charge on any atom is -0.481 e. The Kier molecular flexibility index (Phi) is 4.90. The SMILES string of the molecule is CC1CCC(C(=O)O)CN1C(=O)Cc1csc(C(C)(C)C)n1. The van der Waals surface area contributed by atoms with Crippen molar-refractivity contribution in [2.24, 2.45) is 5.92 Å². The van der Waals surface area contributed by atoms with Crippen LogP contribution in [-0.4, -0.2) is 39.5 Å². The minimum atomic E-state index is -0.812. The Hall–Kier alpha value is -1.43. The van der Waals surface area contributed by atoms with Crippen molar-refractivity contribution in [3.63, 3.8) is 0 Å². The van der Waals surface area contributed by atoms with Crippen LogP contribution in [0.3, 0.4) is 0 Å². The summed E-state index contributed by atoms with van der Waals surface area (Å²) >= 11 is 1.58. The Morgan fingerprint density at radius 2 is 2.09 bits per heavy atom. The van der Waals surface area contributed by atoms with Crippen molar-refractivity contribution in [2.45, 2.75) is 58.4 Å². The summed E-state index contributed by atoms with van der Waals surface area (Å²) in [5.74, 6) is -1.28. The first kappa shape index (κ1) is 16.9. The van der Waals surface area contributed by atoms with Crippen LogP contribution < -0.4 is 0 Å². The van der Waals surface area contributed by atoms with Gasteiger partial charge in [0.25, 0.3) is 0 Å². The van der Waals surface area contributed by atoms with E-state index < -0.39 is 11.9 Å². The molecule has 0 saturated carbocycles. The maximum absolute atomic E-state index is 12.5. The number of carbonyl (C=O) groups is 2. The van der Waals surface area contributed by atoms with Gasteiger partial charge >= 0.3 is 5.97 Å². The van der Waals surface area contributed by atoms with Gasteiger partial charge in [-0.15, -0.1) is 11.3 Å².